The Hall–Kier alpha value is -2.18. The maximum Gasteiger partial charge on any atom is 0.187 e. The van der Waals surface area contributed by atoms with Gasteiger partial charge in [-0.1, -0.05) is 29.3 Å². The number of aromatic nitrogens is 4. The SMILES string of the molecule is Nc1ccc(-c2nnnn2-c2c(F)cccc2Cl)cc1Cl. The molecule has 0 spiro atoms. The van der Waals surface area contributed by atoms with Crippen LogP contribution in [-0.4, -0.2) is 20.2 Å². The summed E-state index contributed by atoms with van der Waals surface area (Å²) < 4.78 is 15.2. The van der Waals surface area contributed by atoms with Crippen LogP contribution in [0.5, 0.6) is 0 Å². The van der Waals surface area contributed by atoms with Gasteiger partial charge in [0, 0.05) is 5.56 Å². The third-order valence-electron chi connectivity index (χ3n) is 2.88. The van der Waals surface area contributed by atoms with Crippen molar-refractivity contribution < 1.29 is 4.39 Å². The third-order valence-corrected chi connectivity index (χ3v) is 3.51. The van der Waals surface area contributed by atoms with Crippen LogP contribution in [0.15, 0.2) is 36.4 Å². The summed E-state index contributed by atoms with van der Waals surface area (Å²) >= 11 is 12.0. The number of nitrogen functional groups attached to an aromatic ring is 1. The summed E-state index contributed by atoms with van der Waals surface area (Å²) in [5.74, 6) is -0.221. The summed E-state index contributed by atoms with van der Waals surface area (Å²) in [5.41, 5.74) is 6.77. The zero-order valence-electron chi connectivity index (χ0n) is 10.5. The van der Waals surface area contributed by atoms with Gasteiger partial charge >= 0.3 is 0 Å². The van der Waals surface area contributed by atoms with Crippen LogP contribution in [0.3, 0.4) is 0 Å². The first kappa shape index (κ1) is 13.8. The molecule has 3 aromatic rings. The molecule has 0 bridgehead atoms. The first-order chi connectivity index (χ1) is 10.1. The van der Waals surface area contributed by atoms with Gasteiger partial charge in [-0.25, -0.2) is 4.39 Å². The van der Waals surface area contributed by atoms with Gasteiger partial charge in [0.25, 0.3) is 0 Å². The van der Waals surface area contributed by atoms with Crippen molar-refractivity contribution in [2.24, 2.45) is 0 Å². The van der Waals surface area contributed by atoms with Gasteiger partial charge in [0.1, 0.15) is 5.69 Å². The van der Waals surface area contributed by atoms with Crippen molar-refractivity contribution in [2.45, 2.75) is 0 Å². The number of nitrogens with two attached hydrogens (primary N) is 1. The molecule has 21 heavy (non-hydrogen) atoms. The van der Waals surface area contributed by atoms with Crippen molar-refractivity contribution >= 4 is 28.9 Å². The Morgan fingerprint density at radius 3 is 2.62 bits per heavy atom. The van der Waals surface area contributed by atoms with Crippen LogP contribution in [0.4, 0.5) is 10.1 Å². The molecule has 1 heterocycles. The summed E-state index contributed by atoms with van der Waals surface area (Å²) in [5, 5.41) is 11.8. The number of halogens is 3. The Bertz CT molecular complexity index is 798. The molecule has 2 aromatic carbocycles. The van der Waals surface area contributed by atoms with Crippen LogP contribution < -0.4 is 5.73 Å². The lowest BCUT2D eigenvalue weighted by atomic mass is 10.2. The van der Waals surface area contributed by atoms with Crippen LogP contribution in [0.1, 0.15) is 0 Å². The predicted octanol–water partition coefficient (Wildman–Crippen LogP) is 3.36. The number of anilines is 1. The highest BCUT2D eigenvalue weighted by Crippen LogP contribution is 2.29. The van der Waals surface area contributed by atoms with Gasteiger partial charge < -0.3 is 5.73 Å². The minimum absolute atomic E-state index is 0.0760. The van der Waals surface area contributed by atoms with Crippen molar-refractivity contribution in [3.63, 3.8) is 0 Å². The fourth-order valence-electron chi connectivity index (χ4n) is 1.88. The Kier molecular flexibility index (Phi) is 3.48. The lowest BCUT2D eigenvalue weighted by Gasteiger charge is -2.08. The Morgan fingerprint density at radius 1 is 1.10 bits per heavy atom. The van der Waals surface area contributed by atoms with Gasteiger partial charge in [0.15, 0.2) is 11.6 Å². The molecule has 0 atom stereocenters. The van der Waals surface area contributed by atoms with Gasteiger partial charge in [-0.3, -0.25) is 0 Å². The van der Waals surface area contributed by atoms with Crippen LogP contribution >= 0.6 is 23.2 Å². The standard InChI is InChI=1S/C13H8Cl2FN5/c14-8-2-1-3-10(16)12(8)21-13(18-19-20-21)7-4-5-11(17)9(15)6-7/h1-6H,17H2. The molecule has 0 radical (unpaired) electrons. The summed E-state index contributed by atoms with van der Waals surface area (Å²) in [4.78, 5) is 0. The average Bonchev–Trinajstić information content (AvgIpc) is 2.91. The monoisotopic (exact) mass is 323 g/mol. The molecular weight excluding hydrogens is 316 g/mol. The van der Waals surface area contributed by atoms with Gasteiger partial charge in [0.05, 0.1) is 15.7 Å². The quantitative estimate of drug-likeness (QED) is 0.734. The molecule has 0 saturated heterocycles. The van der Waals surface area contributed by atoms with E-state index in [0.29, 0.717) is 22.1 Å². The number of hydrogen-bond acceptors (Lipinski definition) is 4. The van der Waals surface area contributed by atoms with Crippen molar-refractivity contribution in [1.29, 1.82) is 0 Å². The van der Waals surface area contributed by atoms with Crippen molar-refractivity contribution in [1.82, 2.24) is 20.2 Å². The minimum atomic E-state index is -0.530. The predicted molar refractivity (Wildman–Crippen MR) is 79.0 cm³/mol. The number of para-hydroxylation sites is 1. The second kappa shape index (κ2) is 5.31. The van der Waals surface area contributed by atoms with E-state index < -0.39 is 5.82 Å². The highest BCUT2D eigenvalue weighted by atomic mass is 35.5. The van der Waals surface area contributed by atoms with E-state index in [1.165, 1.54) is 16.8 Å². The third kappa shape index (κ3) is 2.43. The van der Waals surface area contributed by atoms with Crippen LogP contribution in [0.2, 0.25) is 10.0 Å². The zero-order chi connectivity index (χ0) is 15.0. The summed E-state index contributed by atoms with van der Waals surface area (Å²) in [6, 6.07) is 9.26. The lowest BCUT2D eigenvalue weighted by Crippen LogP contribution is -2.03. The average molecular weight is 324 g/mol. The van der Waals surface area contributed by atoms with Crippen molar-refractivity contribution in [3.8, 4) is 17.1 Å². The fraction of sp³-hybridized carbons (Fsp3) is 0. The Balaban J connectivity index is 2.20. The molecule has 3 rings (SSSR count). The van der Waals surface area contributed by atoms with E-state index in [1.807, 2.05) is 0 Å². The number of tetrazole rings is 1. The maximum atomic E-state index is 14.0. The second-order valence-electron chi connectivity index (χ2n) is 4.22. The van der Waals surface area contributed by atoms with Gasteiger partial charge in [-0.2, -0.15) is 4.68 Å². The first-order valence-electron chi connectivity index (χ1n) is 5.86. The second-order valence-corrected chi connectivity index (χ2v) is 5.04. The Morgan fingerprint density at radius 2 is 1.90 bits per heavy atom. The van der Waals surface area contributed by atoms with Crippen LogP contribution in [0.25, 0.3) is 17.1 Å². The largest absolute Gasteiger partial charge is 0.398 e. The molecule has 8 heteroatoms. The molecule has 0 unspecified atom stereocenters. The molecule has 1 aromatic heterocycles. The summed E-state index contributed by atoms with van der Waals surface area (Å²) in [6.07, 6.45) is 0. The minimum Gasteiger partial charge on any atom is -0.398 e. The molecule has 5 nitrogen and oxygen atoms in total. The van der Waals surface area contributed by atoms with Gasteiger partial charge in [-0.05, 0) is 40.8 Å². The molecule has 0 aliphatic rings. The molecule has 0 amide bonds. The van der Waals surface area contributed by atoms with E-state index in [1.54, 1.807) is 24.3 Å². The summed E-state index contributed by atoms with van der Waals surface area (Å²) in [7, 11) is 0. The number of nitrogens with zero attached hydrogens (tertiary/aromatic N) is 4. The molecule has 0 aliphatic carbocycles. The molecule has 0 fully saturated rings. The number of rotatable bonds is 2. The summed E-state index contributed by atoms with van der Waals surface area (Å²) in [6.45, 7) is 0. The maximum absolute atomic E-state index is 14.0. The lowest BCUT2D eigenvalue weighted by molar-refractivity contribution is 0.608. The molecular formula is C13H8Cl2FN5. The topological polar surface area (TPSA) is 69.6 Å². The van der Waals surface area contributed by atoms with Gasteiger partial charge in [0.2, 0.25) is 0 Å². The molecule has 2 N–H and O–H groups in total. The van der Waals surface area contributed by atoms with E-state index in [0.717, 1.165) is 0 Å². The van der Waals surface area contributed by atoms with Crippen LogP contribution in [0, 0.1) is 5.82 Å². The van der Waals surface area contributed by atoms with E-state index >= 15 is 0 Å². The molecule has 106 valence electrons. The smallest absolute Gasteiger partial charge is 0.187 e. The molecule has 0 saturated carbocycles. The van der Waals surface area contributed by atoms with E-state index in [4.69, 9.17) is 28.9 Å². The highest BCUT2D eigenvalue weighted by Gasteiger charge is 2.17. The number of benzene rings is 2. The van der Waals surface area contributed by atoms with Crippen molar-refractivity contribution in [2.75, 3.05) is 5.73 Å². The molecule has 0 aliphatic heterocycles. The normalized spacial score (nSPS) is 10.8. The first-order valence-corrected chi connectivity index (χ1v) is 6.61. The fourth-order valence-corrected chi connectivity index (χ4v) is 2.30. The Labute approximate surface area is 129 Å². The van der Waals surface area contributed by atoms with E-state index in [-0.39, 0.29) is 10.7 Å². The van der Waals surface area contributed by atoms with E-state index in [9.17, 15) is 4.39 Å². The van der Waals surface area contributed by atoms with Crippen molar-refractivity contribution in [3.05, 3.63) is 52.3 Å². The zero-order valence-corrected chi connectivity index (χ0v) is 12.0. The van der Waals surface area contributed by atoms with E-state index in [2.05, 4.69) is 15.5 Å². The number of hydrogen-bond donors (Lipinski definition) is 1. The van der Waals surface area contributed by atoms with Crippen LogP contribution in [-0.2, 0) is 0 Å². The van der Waals surface area contributed by atoms with Gasteiger partial charge in [-0.15, -0.1) is 5.10 Å². The highest BCUT2D eigenvalue weighted by molar-refractivity contribution is 6.33.